The molecule has 0 aliphatic carbocycles. The van der Waals surface area contributed by atoms with E-state index in [-0.39, 0.29) is 28.9 Å². The van der Waals surface area contributed by atoms with Crippen LogP contribution in [0.3, 0.4) is 0 Å². The number of amides is 2. The molecule has 0 bridgehead atoms. The van der Waals surface area contributed by atoms with Gasteiger partial charge in [-0.05, 0) is 29.3 Å². The smallest absolute Gasteiger partial charge is 0.356 e. The Balaban J connectivity index is 1.22. The van der Waals surface area contributed by atoms with Crippen LogP contribution in [0.4, 0.5) is 11.5 Å². The Bertz CT molecular complexity index is 1870. The van der Waals surface area contributed by atoms with Crippen molar-refractivity contribution in [1.29, 1.82) is 0 Å². The van der Waals surface area contributed by atoms with Crippen LogP contribution in [-0.4, -0.2) is 60.7 Å². The number of hydrogen-bond donors (Lipinski definition) is 3. The van der Waals surface area contributed by atoms with Gasteiger partial charge >= 0.3 is 5.97 Å². The third-order valence-electron chi connectivity index (χ3n) is 7.43. The highest BCUT2D eigenvalue weighted by Crippen LogP contribution is 2.46. The molecule has 1 fully saturated rings. The van der Waals surface area contributed by atoms with Crippen LogP contribution < -0.4 is 16.8 Å². The van der Waals surface area contributed by atoms with Gasteiger partial charge in [-0.1, -0.05) is 95.6 Å². The summed E-state index contributed by atoms with van der Waals surface area (Å²) >= 11 is 17.7. The lowest BCUT2D eigenvalue weighted by atomic mass is 10.0. The molecule has 5 N–H and O–H groups in total. The van der Waals surface area contributed by atoms with Crippen molar-refractivity contribution in [2.45, 2.75) is 27.4 Å². The summed E-state index contributed by atoms with van der Waals surface area (Å²) in [5, 5.41) is 4.25. The van der Waals surface area contributed by atoms with Gasteiger partial charge in [0.2, 0.25) is 5.91 Å². The summed E-state index contributed by atoms with van der Waals surface area (Å²) < 4.78 is 6.23. The number of benzene rings is 3. The predicted octanol–water partition coefficient (Wildman–Crippen LogP) is 6.47. The molecule has 252 valence electrons. The third kappa shape index (κ3) is 8.11. The number of β-lactam (4-membered cyclic amide) rings is 1. The van der Waals surface area contributed by atoms with Crippen molar-refractivity contribution in [2.75, 3.05) is 28.1 Å². The van der Waals surface area contributed by atoms with Crippen LogP contribution in [0.15, 0.2) is 106 Å². The van der Waals surface area contributed by atoms with E-state index in [9.17, 15) is 14.4 Å². The van der Waals surface area contributed by atoms with E-state index in [2.05, 4.69) is 15.3 Å². The zero-order valence-corrected chi connectivity index (χ0v) is 30.2. The lowest BCUT2D eigenvalue weighted by Gasteiger charge is -2.49. The number of ether oxygens (including phenoxy) is 1. The molecule has 1 aromatic heterocycles. The summed E-state index contributed by atoms with van der Waals surface area (Å²) in [4.78, 5) is 51.8. The van der Waals surface area contributed by atoms with Gasteiger partial charge in [-0.3, -0.25) is 14.5 Å². The molecule has 3 aromatic carbocycles. The van der Waals surface area contributed by atoms with Gasteiger partial charge in [0, 0.05) is 25.7 Å². The van der Waals surface area contributed by atoms with Crippen LogP contribution in [-0.2, 0) is 19.1 Å². The summed E-state index contributed by atoms with van der Waals surface area (Å²) in [6.07, 6.45) is 0.617. The maximum atomic E-state index is 14.2. The zero-order chi connectivity index (χ0) is 34.5. The standard InChI is InChI=1S/C33H28Cl2N6O4S4/c34-20-11-12-21(35)22(13-20)46-15-24(42)40-26-31(43)41-27(23(14-47-32(26)41)48-17-49-30-25(36)29(37)38-16-39-30)33(44)45-28(18-7-3-1-4-8-18)19-9-5-2-6-10-19/h1-13,16,26,28,32H,14-15,17,36H2,(H,40,42)(H2,37,38,39)/t26-,32-/m1/s1. The highest BCUT2D eigenvalue weighted by atomic mass is 35.5. The third-order valence-corrected chi connectivity index (χ3v) is 12.9. The Morgan fingerprint density at radius 1 is 0.980 bits per heavy atom. The maximum absolute atomic E-state index is 14.2. The molecular weight excluding hydrogens is 744 g/mol. The number of carbonyl (C=O) groups excluding carboxylic acids is 3. The van der Waals surface area contributed by atoms with E-state index >= 15 is 0 Å². The van der Waals surface area contributed by atoms with Gasteiger partial charge in [0.05, 0.1) is 10.8 Å². The fourth-order valence-electron chi connectivity index (χ4n) is 5.05. The lowest BCUT2D eigenvalue weighted by Crippen LogP contribution is -2.70. The van der Waals surface area contributed by atoms with Gasteiger partial charge in [-0.2, -0.15) is 0 Å². The number of nitrogens with one attached hydrogen (secondary N) is 1. The second-order valence-electron chi connectivity index (χ2n) is 10.6. The average molecular weight is 772 g/mol. The highest BCUT2D eigenvalue weighted by Gasteiger charge is 2.54. The van der Waals surface area contributed by atoms with Gasteiger partial charge in [-0.25, -0.2) is 14.8 Å². The summed E-state index contributed by atoms with van der Waals surface area (Å²) in [5.74, 6) is -0.783. The molecule has 2 amide bonds. The fourth-order valence-corrected chi connectivity index (χ4v) is 10.0. The van der Waals surface area contributed by atoms with E-state index in [1.54, 1.807) is 18.2 Å². The summed E-state index contributed by atoms with van der Waals surface area (Å²) in [6.45, 7) is 0. The van der Waals surface area contributed by atoms with Crippen LogP contribution in [0.2, 0.25) is 10.0 Å². The first-order valence-corrected chi connectivity index (χ1v) is 19.4. The largest absolute Gasteiger partial charge is 0.448 e. The van der Waals surface area contributed by atoms with Gasteiger partial charge in [0.25, 0.3) is 5.91 Å². The second kappa shape index (κ2) is 16.0. The first kappa shape index (κ1) is 35.3. The molecule has 2 atom stereocenters. The highest BCUT2D eigenvalue weighted by molar-refractivity contribution is 8.18. The Morgan fingerprint density at radius 2 is 1.67 bits per heavy atom. The van der Waals surface area contributed by atoms with Crippen molar-refractivity contribution in [3.05, 3.63) is 117 Å². The number of hydrogen-bond acceptors (Lipinski definition) is 12. The van der Waals surface area contributed by atoms with Crippen LogP contribution in [0.25, 0.3) is 0 Å². The molecule has 4 aromatic rings. The second-order valence-corrected chi connectivity index (χ2v) is 15.9. The van der Waals surface area contributed by atoms with E-state index in [0.29, 0.717) is 35.7 Å². The van der Waals surface area contributed by atoms with Gasteiger partial charge in [-0.15, -0.1) is 35.3 Å². The van der Waals surface area contributed by atoms with Gasteiger partial charge in [0.1, 0.15) is 34.2 Å². The SMILES string of the molecule is Nc1ncnc(SCSC2=C(C(=O)OC(c3ccccc3)c3ccccc3)N3C(=O)[C@@H](NC(=O)CSc4cc(Cl)ccc4Cl)[C@H]3SC2)c1N. The Morgan fingerprint density at radius 3 is 2.37 bits per heavy atom. The topological polar surface area (TPSA) is 154 Å². The molecule has 10 nitrogen and oxygen atoms in total. The number of rotatable bonds is 12. The molecule has 16 heteroatoms. The van der Waals surface area contributed by atoms with Gasteiger partial charge in [0.15, 0.2) is 11.9 Å². The van der Waals surface area contributed by atoms with Crippen molar-refractivity contribution in [1.82, 2.24) is 20.2 Å². The molecule has 1 saturated heterocycles. The number of halogens is 2. The van der Waals surface area contributed by atoms with Crippen molar-refractivity contribution in [3.63, 3.8) is 0 Å². The van der Waals surface area contributed by atoms with Crippen molar-refractivity contribution in [3.8, 4) is 0 Å². The molecule has 6 rings (SSSR count). The summed E-state index contributed by atoms with van der Waals surface area (Å²) in [6, 6.07) is 23.0. The van der Waals surface area contributed by atoms with Crippen LogP contribution in [0.5, 0.6) is 0 Å². The van der Waals surface area contributed by atoms with Crippen molar-refractivity contribution >= 4 is 99.5 Å². The molecule has 2 aliphatic heterocycles. The summed E-state index contributed by atoms with van der Waals surface area (Å²) in [5.41, 5.74) is 13.9. The van der Waals surface area contributed by atoms with E-state index in [4.69, 9.17) is 39.4 Å². The summed E-state index contributed by atoms with van der Waals surface area (Å²) in [7, 11) is 0. The number of carbonyl (C=O) groups is 3. The van der Waals surface area contributed by atoms with E-state index in [1.165, 1.54) is 58.3 Å². The minimum Gasteiger partial charge on any atom is -0.448 e. The Kier molecular flexibility index (Phi) is 11.5. The average Bonchev–Trinajstić information content (AvgIpc) is 3.12. The number of fused-ring (bicyclic) bond motifs is 1. The normalized spacial score (nSPS) is 17.0. The van der Waals surface area contributed by atoms with Crippen LogP contribution in [0, 0.1) is 0 Å². The minimum absolute atomic E-state index is 0.0246. The Labute approximate surface area is 309 Å². The number of anilines is 2. The van der Waals surface area contributed by atoms with E-state index in [1.807, 2.05) is 60.7 Å². The number of aromatic nitrogens is 2. The minimum atomic E-state index is -0.820. The lowest BCUT2D eigenvalue weighted by molar-refractivity contribution is -0.154. The Hall–Kier alpha value is -3.53. The zero-order valence-electron chi connectivity index (χ0n) is 25.5. The van der Waals surface area contributed by atoms with E-state index in [0.717, 1.165) is 11.1 Å². The number of nitrogens with zero attached hydrogens (tertiary/aromatic N) is 3. The van der Waals surface area contributed by atoms with Crippen LogP contribution >= 0.6 is 70.2 Å². The van der Waals surface area contributed by atoms with Crippen molar-refractivity contribution < 1.29 is 19.1 Å². The molecule has 0 radical (unpaired) electrons. The van der Waals surface area contributed by atoms with Crippen molar-refractivity contribution in [2.24, 2.45) is 0 Å². The predicted molar refractivity (Wildman–Crippen MR) is 199 cm³/mol. The number of thioether (sulfide) groups is 4. The number of esters is 1. The molecular formula is C33H28Cl2N6O4S4. The maximum Gasteiger partial charge on any atom is 0.356 e. The van der Waals surface area contributed by atoms with E-state index < -0.39 is 29.4 Å². The molecule has 0 spiro atoms. The first-order valence-electron chi connectivity index (χ1n) is 14.7. The number of nitrogens with two attached hydrogens (primary N) is 2. The quantitative estimate of drug-likeness (QED) is 0.0476. The molecule has 0 saturated carbocycles. The molecule has 49 heavy (non-hydrogen) atoms. The molecule has 3 heterocycles. The fraction of sp³-hybridized carbons (Fsp3) is 0.182. The number of nitrogen functional groups attached to an aromatic ring is 2. The van der Waals surface area contributed by atoms with Gasteiger partial charge < -0.3 is 21.5 Å². The first-order chi connectivity index (χ1) is 23.7. The molecule has 0 unspecified atom stereocenters. The van der Waals surface area contributed by atoms with Crippen LogP contribution in [0.1, 0.15) is 17.2 Å². The monoisotopic (exact) mass is 770 g/mol. The molecule has 2 aliphatic rings.